The third kappa shape index (κ3) is 3.55. The topological polar surface area (TPSA) is 90.0 Å². The van der Waals surface area contributed by atoms with E-state index in [0.717, 1.165) is 18.5 Å². The summed E-state index contributed by atoms with van der Waals surface area (Å²) in [6, 6.07) is 7.44. The van der Waals surface area contributed by atoms with Crippen molar-refractivity contribution in [2.45, 2.75) is 38.1 Å². The van der Waals surface area contributed by atoms with E-state index in [9.17, 15) is 18.0 Å². The molecule has 9 heteroatoms. The minimum absolute atomic E-state index is 0.0914. The Kier molecular flexibility index (Phi) is 5.39. The zero-order valence-corrected chi connectivity index (χ0v) is 17.6. The van der Waals surface area contributed by atoms with E-state index in [1.165, 1.54) is 4.31 Å². The molecular formula is C20H28N4O4S. The van der Waals surface area contributed by atoms with Gasteiger partial charge in [0, 0.05) is 26.2 Å². The van der Waals surface area contributed by atoms with Crippen LogP contribution in [0.5, 0.6) is 0 Å². The summed E-state index contributed by atoms with van der Waals surface area (Å²) in [7, 11) is -3.20. The summed E-state index contributed by atoms with van der Waals surface area (Å²) in [5, 5.41) is 2.99. The zero-order chi connectivity index (χ0) is 20.6. The first kappa shape index (κ1) is 20.3. The van der Waals surface area contributed by atoms with Gasteiger partial charge in [0.2, 0.25) is 15.9 Å². The minimum atomic E-state index is -3.20. The summed E-state index contributed by atoms with van der Waals surface area (Å²) in [6.45, 7) is 3.64. The minimum Gasteiger partial charge on any atom is -0.322 e. The van der Waals surface area contributed by atoms with Crippen LogP contribution >= 0.6 is 0 Å². The second-order valence-corrected chi connectivity index (χ2v) is 10.3. The number of anilines is 2. The highest BCUT2D eigenvalue weighted by atomic mass is 32.2. The predicted octanol–water partition coefficient (Wildman–Crippen LogP) is 1.25. The Labute approximate surface area is 171 Å². The monoisotopic (exact) mass is 420 g/mol. The van der Waals surface area contributed by atoms with Gasteiger partial charge in [-0.1, -0.05) is 25.0 Å². The summed E-state index contributed by atoms with van der Waals surface area (Å²) in [4.78, 5) is 30.1. The van der Waals surface area contributed by atoms with Gasteiger partial charge in [-0.25, -0.2) is 8.42 Å². The molecule has 3 aliphatic rings. The molecule has 0 aromatic heterocycles. The Bertz CT molecular complexity index is 903. The van der Waals surface area contributed by atoms with Gasteiger partial charge in [0.15, 0.2) is 0 Å². The number of amides is 2. The third-order valence-electron chi connectivity index (χ3n) is 6.37. The lowest BCUT2D eigenvalue weighted by atomic mass is 9.89. The number of sulfonamides is 1. The molecule has 2 aliphatic heterocycles. The molecule has 29 heavy (non-hydrogen) atoms. The van der Waals surface area contributed by atoms with Crippen LogP contribution in [0.1, 0.15) is 32.6 Å². The number of nitrogens with zero attached hydrogens (tertiary/aromatic N) is 3. The molecule has 1 aliphatic carbocycles. The first-order valence-corrected chi connectivity index (χ1v) is 11.9. The van der Waals surface area contributed by atoms with Crippen LogP contribution in [0.15, 0.2) is 24.3 Å². The maximum absolute atomic E-state index is 13.4. The molecule has 0 radical (unpaired) electrons. The van der Waals surface area contributed by atoms with Crippen LogP contribution in [0.25, 0.3) is 0 Å². The number of benzene rings is 1. The molecule has 0 unspecified atom stereocenters. The van der Waals surface area contributed by atoms with E-state index in [2.05, 4.69) is 5.32 Å². The number of hydrogen-bond acceptors (Lipinski definition) is 5. The molecule has 0 bridgehead atoms. The molecule has 1 aromatic rings. The summed E-state index contributed by atoms with van der Waals surface area (Å²) in [5.74, 6) is -0.101. The number of rotatable bonds is 4. The number of carbonyl (C=O) groups is 2. The quantitative estimate of drug-likeness (QED) is 0.792. The standard InChI is InChI=1S/C20H28N4O4S/c1-2-29(27,28)23-13-11-22(12-14-23)15-18(25)24-17-8-4-3-7-16(17)21-19(26)20(24)9-5-6-10-20/h3-4,7-8H,2,5-6,9-15H2,1H3,(H,21,26). The third-order valence-corrected chi connectivity index (χ3v) is 8.25. The molecule has 1 spiro atoms. The molecule has 2 fully saturated rings. The molecule has 1 N–H and O–H groups in total. The van der Waals surface area contributed by atoms with Gasteiger partial charge in [0.25, 0.3) is 5.91 Å². The Balaban J connectivity index is 1.53. The van der Waals surface area contributed by atoms with Crippen molar-refractivity contribution in [3.05, 3.63) is 24.3 Å². The largest absolute Gasteiger partial charge is 0.322 e. The van der Waals surface area contributed by atoms with Gasteiger partial charge in [0.1, 0.15) is 5.54 Å². The smallest absolute Gasteiger partial charge is 0.250 e. The van der Waals surface area contributed by atoms with E-state index in [1.807, 2.05) is 29.2 Å². The van der Waals surface area contributed by atoms with Gasteiger partial charge >= 0.3 is 0 Å². The summed E-state index contributed by atoms with van der Waals surface area (Å²) >= 11 is 0. The highest BCUT2D eigenvalue weighted by molar-refractivity contribution is 7.89. The van der Waals surface area contributed by atoms with E-state index in [0.29, 0.717) is 44.7 Å². The van der Waals surface area contributed by atoms with Crippen LogP contribution in [0.4, 0.5) is 11.4 Å². The lowest BCUT2D eigenvalue weighted by Crippen LogP contribution is -2.62. The number of piperazine rings is 1. The van der Waals surface area contributed by atoms with Crippen molar-refractivity contribution in [3.8, 4) is 0 Å². The van der Waals surface area contributed by atoms with Crippen LogP contribution in [0.2, 0.25) is 0 Å². The molecule has 1 saturated carbocycles. The molecule has 4 rings (SSSR count). The lowest BCUT2D eigenvalue weighted by Gasteiger charge is -2.45. The molecule has 8 nitrogen and oxygen atoms in total. The number of hydrogen-bond donors (Lipinski definition) is 1. The highest BCUT2D eigenvalue weighted by Gasteiger charge is 2.52. The van der Waals surface area contributed by atoms with Crippen LogP contribution < -0.4 is 10.2 Å². The molecular weight excluding hydrogens is 392 g/mol. The van der Waals surface area contributed by atoms with Crippen molar-refractivity contribution in [3.63, 3.8) is 0 Å². The van der Waals surface area contributed by atoms with Crippen LogP contribution in [0, 0.1) is 0 Å². The van der Waals surface area contributed by atoms with Crippen LogP contribution in [-0.4, -0.2) is 73.5 Å². The molecule has 2 amide bonds. The lowest BCUT2D eigenvalue weighted by molar-refractivity contribution is -0.128. The van der Waals surface area contributed by atoms with Crippen molar-refractivity contribution >= 4 is 33.2 Å². The highest BCUT2D eigenvalue weighted by Crippen LogP contribution is 2.45. The number of fused-ring (bicyclic) bond motifs is 1. The van der Waals surface area contributed by atoms with Crippen LogP contribution in [0.3, 0.4) is 0 Å². The van der Waals surface area contributed by atoms with Gasteiger partial charge in [0.05, 0.1) is 23.7 Å². The Hall–Kier alpha value is -1.97. The van der Waals surface area contributed by atoms with Gasteiger partial charge in [-0.05, 0) is 31.9 Å². The normalized spacial score (nSPS) is 22.5. The van der Waals surface area contributed by atoms with Gasteiger partial charge in [-0.3, -0.25) is 19.4 Å². The maximum atomic E-state index is 13.4. The van der Waals surface area contributed by atoms with E-state index in [-0.39, 0.29) is 24.1 Å². The van der Waals surface area contributed by atoms with E-state index in [4.69, 9.17) is 0 Å². The Morgan fingerprint density at radius 1 is 1.10 bits per heavy atom. The number of para-hydroxylation sites is 2. The molecule has 1 saturated heterocycles. The van der Waals surface area contributed by atoms with Crippen LogP contribution in [-0.2, 0) is 19.6 Å². The van der Waals surface area contributed by atoms with Crippen molar-refractivity contribution in [2.24, 2.45) is 0 Å². The van der Waals surface area contributed by atoms with E-state index < -0.39 is 15.6 Å². The Morgan fingerprint density at radius 2 is 1.76 bits per heavy atom. The predicted molar refractivity (Wildman–Crippen MR) is 111 cm³/mol. The fourth-order valence-corrected chi connectivity index (χ4v) is 5.82. The fourth-order valence-electron chi connectivity index (χ4n) is 4.74. The van der Waals surface area contributed by atoms with E-state index in [1.54, 1.807) is 11.8 Å². The zero-order valence-electron chi connectivity index (χ0n) is 16.8. The molecule has 158 valence electrons. The van der Waals surface area contributed by atoms with Crippen molar-refractivity contribution in [1.29, 1.82) is 0 Å². The second kappa shape index (κ2) is 7.70. The molecule has 2 heterocycles. The van der Waals surface area contributed by atoms with Gasteiger partial charge in [-0.15, -0.1) is 0 Å². The fraction of sp³-hybridized carbons (Fsp3) is 0.600. The van der Waals surface area contributed by atoms with Crippen molar-refractivity contribution < 1.29 is 18.0 Å². The van der Waals surface area contributed by atoms with Gasteiger partial charge < -0.3 is 5.32 Å². The first-order valence-electron chi connectivity index (χ1n) is 10.3. The molecule has 0 atom stereocenters. The number of nitrogens with one attached hydrogen (secondary N) is 1. The number of carbonyl (C=O) groups excluding carboxylic acids is 2. The summed E-state index contributed by atoms with van der Waals surface area (Å²) in [6.07, 6.45) is 3.18. The summed E-state index contributed by atoms with van der Waals surface area (Å²) in [5.41, 5.74) is 0.618. The van der Waals surface area contributed by atoms with Gasteiger partial charge in [-0.2, -0.15) is 4.31 Å². The molecule has 1 aromatic carbocycles. The van der Waals surface area contributed by atoms with Crippen molar-refractivity contribution in [1.82, 2.24) is 9.21 Å². The SMILES string of the molecule is CCS(=O)(=O)N1CCN(CC(=O)N2c3ccccc3NC(=O)C23CCCC3)CC1. The maximum Gasteiger partial charge on any atom is 0.250 e. The average Bonchev–Trinajstić information content (AvgIpc) is 3.19. The summed E-state index contributed by atoms with van der Waals surface area (Å²) < 4.78 is 25.6. The Morgan fingerprint density at radius 3 is 2.41 bits per heavy atom. The second-order valence-electron chi connectivity index (χ2n) is 8.01. The van der Waals surface area contributed by atoms with Crippen molar-refractivity contribution in [2.75, 3.05) is 48.7 Å². The van der Waals surface area contributed by atoms with E-state index >= 15 is 0 Å². The average molecular weight is 421 g/mol. The first-order chi connectivity index (χ1) is 13.9.